The Bertz CT molecular complexity index is 405. The molecule has 1 saturated heterocycles. The number of rotatable bonds is 5. The predicted octanol–water partition coefficient (Wildman–Crippen LogP) is 0.786. The Hall–Kier alpha value is -1.85. The molecule has 17 heavy (non-hydrogen) atoms. The molecule has 0 unspecified atom stereocenters. The van der Waals surface area contributed by atoms with Crippen molar-refractivity contribution in [2.75, 3.05) is 24.6 Å². The van der Waals surface area contributed by atoms with Crippen molar-refractivity contribution in [3.05, 3.63) is 12.4 Å². The van der Waals surface area contributed by atoms with Crippen LogP contribution in [0.1, 0.15) is 13.3 Å². The van der Waals surface area contributed by atoms with Crippen LogP contribution >= 0.6 is 0 Å². The van der Waals surface area contributed by atoms with Crippen LogP contribution in [0.3, 0.4) is 0 Å². The summed E-state index contributed by atoms with van der Waals surface area (Å²) in [6.45, 7) is 3.93. The van der Waals surface area contributed by atoms with Crippen LogP contribution in [0.15, 0.2) is 12.4 Å². The van der Waals surface area contributed by atoms with Gasteiger partial charge in [0.2, 0.25) is 5.88 Å². The molecule has 1 aliphatic rings. The monoisotopic (exact) mass is 237 g/mol. The topological polar surface area (TPSA) is 75.5 Å². The van der Waals surface area contributed by atoms with Crippen molar-refractivity contribution in [3.8, 4) is 5.88 Å². The highest BCUT2D eigenvalue weighted by Gasteiger charge is 2.29. The third-order valence-electron chi connectivity index (χ3n) is 2.66. The first-order chi connectivity index (χ1) is 8.19. The number of carbonyl (C=O) groups is 1. The maximum Gasteiger partial charge on any atom is 0.303 e. The van der Waals surface area contributed by atoms with E-state index in [4.69, 9.17) is 9.84 Å². The maximum absolute atomic E-state index is 10.5. The van der Waals surface area contributed by atoms with Crippen LogP contribution in [0.4, 0.5) is 5.82 Å². The van der Waals surface area contributed by atoms with Crippen molar-refractivity contribution in [1.29, 1.82) is 0 Å². The number of carboxylic acid groups (broad SMARTS) is 1. The first kappa shape index (κ1) is 11.6. The number of nitrogens with zero attached hydrogens (tertiary/aromatic N) is 3. The number of hydrogen-bond acceptors (Lipinski definition) is 5. The van der Waals surface area contributed by atoms with Gasteiger partial charge in [0.05, 0.1) is 13.0 Å². The second kappa shape index (κ2) is 4.99. The average molecular weight is 237 g/mol. The van der Waals surface area contributed by atoms with Crippen LogP contribution in [0.5, 0.6) is 5.88 Å². The summed E-state index contributed by atoms with van der Waals surface area (Å²) in [5.41, 5.74) is 0. The zero-order valence-corrected chi connectivity index (χ0v) is 9.67. The lowest BCUT2D eigenvalue weighted by molar-refractivity contribution is -0.138. The van der Waals surface area contributed by atoms with Crippen LogP contribution in [-0.4, -0.2) is 40.7 Å². The molecular weight excluding hydrogens is 222 g/mol. The fraction of sp³-hybridized carbons (Fsp3) is 0.545. The number of ether oxygens (including phenoxy) is 1. The minimum Gasteiger partial charge on any atom is -0.481 e. The van der Waals surface area contributed by atoms with Gasteiger partial charge in [-0.15, -0.1) is 0 Å². The predicted molar refractivity (Wildman–Crippen MR) is 61.2 cm³/mol. The minimum absolute atomic E-state index is 0.220. The normalized spacial score (nSPS) is 15.5. The number of hydrogen-bond donors (Lipinski definition) is 1. The molecule has 0 spiro atoms. The van der Waals surface area contributed by atoms with E-state index in [9.17, 15) is 4.79 Å². The maximum atomic E-state index is 10.5. The molecule has 2 rings (SSSR count). The first-order valence-corrected chi connectivity index (χ1v) is 5.60. The van der Waals surface area contributed by atoms with Crippen LogP contribution in [0.25, 0.3) is 0 Å². The standard InChI is InChI=1S/C11H15N3O3/c1-2-17-10-4-9(12-7-13-10)14-5-8(6-14)3-11(15)16/h4,7-8H,2-3,5-6H2,1H3,(H,15,16). The zero-order chi connectivity index (χ0) is 12.3. The number of aliphatic carboxylic acids is 1. The fourth-order valence-corrected chi connectivity index (χ4v) is 1.86. The second-order valence-electron chi connectivity index (χ2n) is 4.02. The summed E-state index contributed by atoms with van der Waals surface area (Å²) in [5.74, 6) is 0.828. The van der Waals surface area contributed by atoms with E-state index >= 15 is 0 Å². The van der Waals surface area contributed by atoms with Crippen LogP contribution in [-0.2, 0) is 4.79 Å². The Labute approximate surface area is 99.2 Å². The van der Waals surface area contributed by atoms with Crippen molar-refractivity contribution in [2.45, 2.75) is 13.3 Å². The molecule has 0 amide bonds. The summed E-state index contributed by atoms with van der Waals surface area (Å²) in [4.78, 5) is 20.7. The molecule has 0 radical (unpaired) electrons. The van der Waals surface area contributed by atoms with Gasteiger partial charge in [0.25, 0.3) is 0 Å². The van der Waals surface area contributed by atoms with Crippen molar-refractivity contribution >= 4 is 11.8 Å². The Morgan fingerprint density at radius 3 is 3.00 bits per heavy atom. The van der Waals surface area contributed by atoms with Crippen molar-refractivity contribution in [1.82, 2.24) is 9.97 Å². The van der Waals surface area contributed by atoms with Gasteiger partial charge in [-0.3, -0.25) is 4.79 Å². The Morgan fingerprint density at radius 1 is 1.59 bits per heavy atom. The van der Waals surface area contributed by atoms with E-state index in [1.165, 1.54) is 6.33 Å². The highest BCUT2D eigenvalue weighted by molar-refractivity contribution is 5.67. The third kappa shape index (κ3) is 2.83. The van der Waals surface area contributed by atoms with Crippen LogP contribution in [0.2, 0.25) is 0 Å². The van der Waals surface area contributed by atoms with Gasteiger partial charge in [-0.1, -0.05) is 0 Å². The molecule has 6 heteroatoms. The van der Waals surface area contributed by atoms with Crippen molar-refractivity contribution in [2.24, 2.45) is 5.92 Å². The SMILES string of the molecule is CCOc1cc(N2CC(CC(=O)O)C2)ncn1. The van der Waals surface area contributed by atoms with Crippen LogP contribution in [0, 0.1) is 5.92 Å². The molecule has 0 saturated carbocycles. The van der Waals surface area contributed by atoms with Gasteiger partial charge in [0.15, 0.2) is 0 Å². The van der Waals surface area contributed by atoms with Gasteiger partial charge < -0.3 is 14.7 Å². The summed E-state index contributed by atoms with van der Waals surface area (Å²) in [7, 11) is 0. The highest BCUT2D eigenvalue weighted by atomic mass is 16.5. The van der Waals surface area contributed by atoms with Gasteiger partial charge in [0, 0.05) is 25.1 Å². The molecule has 6 nitrogen and oxygen atoms in total. The summed E-state index contributed by atoms with van der Waals surface area (Å²) >= 11 is 0. The lowest BCUT2D eigenvalue weighted by atomic mass is 9.96. The largest absolute Gasteiger partial charge is 0.481 e. The number of carboxylic acids is 1. The third-order valence-corrected chi connectivity index (χ3v) is 2.66. The highest BCUT2D eigenvalue weighted by Crippen LogP contribution is 2.26. The van der Waals surface area contributed by atoms with Crippen molar-refractivity contribution in [3.63, 3.8) is 0 Å². The minimum atomic E-state index is -0.743. The molecule has 0 aliphatic carbocycles. The van der Waals surface area contributed by atoms with E-state index in [-0.39, 0.29) is 12.3 Å². The Balaban J connectivity index is 1.92. The lowest BCUT2D eigenvalue weighted by Crippen LogP contribution is -2.48. The van der Waals surface area contributed by atoms with Gasteiger partial charge in [0.1, 0.15) is 12.1 Å². The van der Waals surface area contributed by atoms with Crippen molar-refractivity contribution < 1.29 is 14.6 Å². The smallest absolute Gasteiger partial charge is 0.303 e. The summed E-state index contributed by atoms with van der Waals surface area (Å²) in [6, 6.07) is 1.78. The molecule has 1 aromatic rings. The summed E-state index contributed by atoms with van der Waals surface area (Å²) < 4.78 is 5.28. The van der Waals surface area contributed by atoms with E-state index < -0.39 is 5.97 Å². The molecule has 2 heterocycles. The fourth-order valence-electron chi connectivity index (χ4n) is 1.86. The van der Waals surface area contributed by atoms with E-state index in [0.717, 1.165) is 18.9 Å². The molecule has 0 atom stereocenters. The number of anilines is 1. The molecule has 0 aromatic carbocycles. The Kier molecular flexibility index (Phi) is 3.41. The molecule has 92 valence electrons. The first-order valence-electron chi connectivity index (χ1n) is 5.60. The summed E-state index contributed by atoms with van der Waals surface area (Å²) in [6.07, 6.45) is 1.69. The van der Waals surface area contributed by atoms with E-state index in [1.54, 1.807) is 6.07 Å². The molecule has 1 fully saturated rings. The van der Waals surface area contributed by atoms with Gasteiger partial charge in [-0.05, 0) is 6.92 Å². The molecule has 1 N–H and O–H groups in total. The average Bonchev–Trinajstić information content (AvgIpc) is 2.23. The van der Waals surface area contributed by atoms with E-state index in [2.05, 4.69) is 9.97 Å². The van der Waals surface area contributed by atoms with Crippen LogP contribution < -0.4 is 9.64 Å². The Morgan fingerprint density at radius 2 is 2.35 bits per heavy atom. The molecule has 1 aromatic heterocycles. The number of aromatic nitrogens is 2. The van der Waals surface area contributed by atoms with Gasteiger partial charge in [-0.25, -0.2) is 9.97 Å². The van der Waals surface area contributed by atoms with E-state index in [1.807, 2.05) is 11.8 Å². The van der Waals surface area contributed by atoms with Gasteiger partial charge in [-0.2, -0.15) is 0 Å². The lowest BCUT2D eigenvalue weighted by Gasteiger charge is -2.39. The summed E-state index contributed by atoms with van der Waals surface area (Å²) in [5, 5.41) is 8.66. The van der Waals surface area contributed by atoms with E-state index in [0.29, 0.717) is 12.5 Å². The zero-order valence-electron chi connectivity index (χ0n) is 9.67. The van der Waals surface area contributed by atoms with Gasteiger partial charge >= 0.3 is 5.97 Å². The quantitative estimate of drug-likeness (QED) is 0.815. The molecule has 1 aliphatic heterocycles. The molecule has 0 bridgehead atoms. The second-order valence-corrected chi connectivity index (χ2v) is 4.02. The molecular formula is C11H15N3O3.